The lowest BCUT2D eigenvalue weighted by atomic mass is 9.76. The summed E-state index contributed by atoms with van der Waals surface area (Å²) in [5.74, 6) is 0.175. The highest BCUT2D eigenvalue weighted by molar-refractivity contribution is 6.42. The van der Waals surface area contributed by atoms with Crippen molar-refractivity contribution < 1.29 is 9.53 Å². The second kappa shape index (κ2) is 7.84. The summed E-state index contributed by atoms with van der Waals surface area (Å²) < 4.78 is 5.56. The quantitative estimate of drug-likeness (QED) is 0.570. The van der Waals surface area contributed by atoms with Crippen LogP contribution in [0.5, 0.6) is 0 Å². The number of hydrogen-bond donors (Lipinski definition) is 1. The van der Waals surface area contributed by atoms with Crippen molar-refractivity contribution in [1.29, 1.82) is 0 Å². The molecule has 0 fully saturated rings. The maximum Gasteiger partial charge on any atom is 0.410 e. The highest BCUT2D eigenvalue weighted by Crippen LogP contribution is 2.45. The van der Waals surface area contributed by atoms with E-state index in [0.717, 1.165) is 29.5 Å². The topological polar surface area (TPSA) is 55.6 Å². The van der Waals surface area contributed by atoms with E-state index in [1.54, 1.807) is 11.9 Å². The van der Waals surface area contributed by atoms with Crippen LogP contribution in [0.15, 0.2) is 36.4 Å². The number of carbonyl (C=O) groups is 1. The summed E-state index contributed by atoms with van der Waals surface area (Å²) in [6, 6.07) is 11.6. The van der Waals surface area contributed by atoms with E-state index in [2.05, 4.69) is 0 Å². The Hall–Kier alpha value is -1.91. The van der Waals surface area contributed by atoms with Crippen LogP contribution in [0.3, 0.4) is 0 Å². The van der Waals surface area contributed by atoms with Crippen molar-refractivity contribution in [1.82, 2.24) is 4.90 Å². The molecule has 2 aromatic rings. The first-order chi connectivity index (χ1) is 13.1. The Morgan fingerprint density at radius 3 is 2.43 bits per heavy atom. The van der Waals surface area contributed by atoms with Gasteiger partial charge in [0.05, 0.1) is 16.1 Å². The molecule has 1 unspecified atom stereocenters. The Balaban J connectivity index is 1.97. The number of hydrogen-bond acceptors (Lipinski definition) is 3. The van der Waals surface area contributed by atoms with Crippen molar-refractivity contribution in [2.75, 3.05) is 12.8 Å². The van der Waals surface area contributed by atoms with Gasteiger partial charge < -0.3 is 15.4 Å². The molecule has 0 spiro atoms. The van der Waals surface area contributed by atoms with Crippen LogP contribution >= 0.6 is 23.2 Å². The van der Waals surface area contributed by atoms with Gasteiger partial charge in [0.15, 0.2) is 0 Å². The van der Waals surface area contributed by atoms with E-state index in [9.17, 15) is 4.79 Å². The Morgan fingerprint density at radius 2 is 1.79 bits per heavy atom. The zero-order chi connectivity index (χ0) is 20.6. The molecule has 0 saturated carbocycles. The molecule has 0 aliphatic heterocycles. The minimum atomic E-state index is -0.541. The normalized spacial score (nSPS) is 19.1. The van der Waals surface area contributed by atoms with Gasteiger partial charge in [-0.2, -0.15) is 0 Å². The largest absolute Gasteiger partial charge is 0.444 e. The highest BCUT2D eigenvalue weighted by atomic mass is 35.5. The van der Waals surface area contributed by atoms with E-state index in [0.29, 0.717) is 15.7 Å². The van der Waals surface area contributed by atoms with E-state index in [1.165, 1.54) is 0 Å². The third-order valence-corrected chi connectivity index (χ3v) is 5.81. The maximum atomic E-state index is 12.6. The molecule has 4 nitrogen and oxygen atoms in total. The predicted octanol–water partition coefficient (Wildman–Crippen LogP) is 6.41. The van der Waals surface area contributed by atoms with Gasteiger partial charge in [-0.25, -0.2) is 4.79 Å². The van der Waals surface area contributed by atoms with Gasteiger partial charge in [-0.15, -0.1) is 0 Å². The standard InChI is InChI=1S/C22H26Cl2N2O2/c1-22(2,3)28-21(27)26(4)20-10-8-15(13-5-9-18(23)19(24)11-13)16-7-6-14(25)12-17(16)20/h5-7,9,11-12,15,20H,8,10,25H2,1-4H3/t15-,20?/m0/s1. The molecule has 1 aliphatic rings. The highest BCUT2D eigenvalue weighted by Gasteiger charge is 2.34. The molecular formula is C22H26Cl2N2O2. The van der Waals surface area contributed by atoms with Crippen LogP contribution in [-0.4, -0.2) is 23.6 Å². The van der Waals surface area contributed by atoms with E-state index in [-0.39, 0.29) is 18.1 Å². The number of halogens is 2. The SMILES string of the molecule is CN(C(=O)OC(C)(C)C)C1CC[C@@H](c2ccc(Cl)c(Cl)c2)c2ccc(N)cc21. The fraction of sp³-hybridized carbons (Fsp3) is 0.409. The molecule has 0 saturated heterocycles. The zero-order valence-corrected chi connectivity index (χ0v) is 18.1. The molecule has 3 rings (SSSR count). The average molecular weight is 421 g/mol. The van der Waals surface area contributed by atoms with Crippen LogP contribution in [-0.2, 0) is 4.74 Å². The van der Waals surface area contributed by atoms with Crippen molar-refractivity contribution in [3.05, 3.63) is 63.1 Å². The Kier molecular flexibility index (Phi) is 5.83. The van der Waals surface area contributed by atoms with Crippen molar-refractivity contribution in [2.45, 2.75) is 51.2 Å². The van der Waals surface area contributed by atoms with Crippen LogP contribution in [0.2, 0.25) is 10.0 Å². The number of ether oxygens (including phenoxy) is 1. The molecule has 2 atom stereocenters. The monoisotopic (exact) mass is 420 g/mol. The zero-order valence-electron chi connectivity index (χ0n) is 16.6. The van der Waals surface area contributed by atoms with Gasteiger partial charge in [-0.1, -0.05) is 35.3 Å². The molecule has 0 radical (unpaired) electrons. The molecule has 0 bridgehead atoms. The van der Waals surface area contributed by atoms with Crippen molar-refractivity contribution in [2.24, 2.45) is 0 Å². The van der Waals surface area contributed by atoms with Crippen LogP contribution in [0, 0.1) is 0 Å². The Morgan fingerprint density at radius 1 is 1.07 bits per heavy atom. The smallest absolute Gasteiger partial charge is 0.410 e. The second-order valence-corrected chi connectivity index (χ2v) is 9.11. The summed E-state index contributed by atoms with van der Waals surface area (Å²) in [5, 5.41) is 1.09. The van der Waals surface area contributed by atoms with E-state index in [1.807, 2.05) is 57.2 Å². The Bertz CT molecular complexity index is 893. The van der Waals surface area contributed by atoms with Crippen molar-refractivity contribution in [3.63, 3.8) is 0 Å². The number of rotatable bonds is 2. The number of benzene rings is 2. The molecular weight excluding hydrogens is 395 g/mol. The minimum Gasteiger partial charge on any atom is -0.444 e. The fourth-order valence-electron chi connectivity index (χ4n) is 3.77. The number of nitrogens with zero attached hydrogens (tertiary/aromatic N) is 1. The lowest BCUT2D eigenvalue weighted by Crippen LogP contribution is -2.38. The third kappa shape index (κ3) is 4.39. The summed E-state index contributed by atoms with van der Waals surface area (Å²) in [5.41, 5.74) is 9.53. The van der Waals surface area contributed by atoms with Crippen LogP contribution in [0.25, 0.3) is 0 Å². The molecule has 1 amide bonds. The summed E-state index contributed by atoms with van der Waals surface area (Å²) >= 11 is 12.3. The van der Waals surface area contributed by atoms with Gasteiger partial charge >= 0.3 is 6.09 Å². The fourth-order valence-corrected chi connectivity index (χ4v) is 4.08. The first kappa shape index (κ1) is 20.8. The Labute approximate surface area is 176 Å². The van der Waals surface area contributed by atoms with E-state index >= 15 is 0 Å². The van der Waals surface area contributed by atoms with Crippen LogP contribution in [0.4, 0.5) is 10.5 Å². The number of anilines is 1. The third-order valence-electron chi connectivity index (χ3n) is 5.07. The van der Waals surface area contributed by atoms with Gasteiger partial charge in [0.1, 0.15) is 5.60 Å². The number of carbonyl (C=O) groups excluding carboxylic acids is 1. The van der Waals surface area contributed by atoms with Gasteiger partial charge in [0.25, 0.3) is 0 Å². The molecule has 2 N–H and O–H groups in total. The van der Waals surface area contributed by atoms with Crippen LogP contribution < -0.4 is 5.73 Å². The minimum absolute atomic E-state index is 0.0904. The number of nitrogens with two attached hydrogens (primary N) is 1. The van der Waals surface area contributed by atoms with Crippen LogP contribution in [0.1, 0.15) is 62.3 Å². The second-order valence-electron chi connectivity index (χ2n) is 8.30. The first-order valence-corrected chi connectivity index (χ1v) is 10.1. The van der Waals surface area contributed by atoms with Crippen molar-refractivity contribution in [3.8, 4) is 0 Å². The first-order valence-electron chi connectivity index (χ1n) is 9.37. The molecule has 150 valence electrons. The molecule has 2 aromatic carbocycles. The van der Waals surface area contributed by atoms with Gasteiger partial charge in [-0.3, -0.25) is 0 Å². The number of fused-ring (bicyclic) bond motifs is 1. The molecule has 6 heteroatoms. The maximum absolute atomic E-state index is 12.6. The van der Waals surface area contributed by atoms with Gasteiger partial charge in [0, 0.05) is 18.7 Å². The lowest BCUT2D eigenvalue weighted by molar-refractivity contribution is 0.0202. The molecule has 0 heterocycles. The summed E-state index contributed by atoms with van der Waals surface area (Å²) in [6.07, 6.45) is 1.35. The summed E-state index contributed by atoms with van der Waals surface area (Å²) in [6.45, 7) is 5.60. The van der Waals surface area contributed by atoms with E-state index < -0.39 is 5.60 Å². The van der Waals surface area contributed by atoms with Gasteiger partial charge in [0.2, 0.25) is 0 Å². The average Bonchev–Trinajstić information content (AvgIpc) is 2.61. The molecule has 1 aliphatic carbocycles. The summed E-state index contributed by atoms with van der Waals surface area (Å²) in [4.78, 5) is 14.3. The number of nitrogen functional groups attached to an aromatic ring is 1. The van der Waals surface area contributed by atoms with E-state index in [4.69, 9.17) is 33.7 Å². The predicted molar refractivity (Wildman–Crippen MR) is 115 cm³/mol. The van der Waals surface area contributed by atoms with Gasteiger partial charge in [-0.05, 0) is 74.6 Å². The molecule has 0 aromatic heterocycles. The lowest BCUT2D eigenvalue weighted by Gasteiger charge is -2.37. The molecule has 28 heavy (non-hydrogen) atoms. The number of amides is 1. The summed E-state index contributed by atoms with van der Waals surface area (Å²) in [7, 11) is 1.78. The van der Waals surface area contributed by atoms with Crippen molar-refractivity contribution >= 4 is 35.0 Å².